The topological polar surface area (TPSA) is 29.5 Å². The van der Waals surface area contributed by atoms with Crippen LogP contribution in [-0.2, 0) is 9.63 Å². The van der Waals surface area contributed by atoms with E-state index in [9.17, 15) is 4.79 Å². The number of carbonyl (C=O) groups is 1. The first-order valence-electron chi connectivity index (χ1n) is 9.26. The van der Waals surface area contributed by atoms with Crippen LogP contribution >= 0.6 is 0 Å². The Balaban J connectivity index is 2.31. The van der Waals surface area contributed by atoms with Gasteiger partial charge in [-0.25, -0.2) is 0 Å². The molecule has 24 heavy (non-hydrogen) atoms. The fourth-order valence-electron chi connectivity index (χ4n) is 3.98. The molecule has 132 valence electrons. The third kappa shape index (κ3) is 3.56. The van der Waals surface area contributed by atoms with Gasteiger partial charge in [-0.15, -0.1) is 5.06 Å². The van der Waals surface area contributed by atoms with Crippen molar-refractivity contribution in [3.8, 4) is 0 Å². The maximum Gasteiger partial charge on any atom is 0.136 e. The summed E-state index contributed by atoms with van der Waals surface area (Å²) in [5.41, 5.74) is 0.702. The molecule has 1 fully saturated rings. The molecular weight excluding hydrogens is 298 g/mol. The summed E-state index contributed by atoms with van der Waals surface area (Å²) in [5.74, 6) is 0.370. The van der Waals surface area contributed by atoms with Crippen molar-refractivity contribution in [2.45, 2.75) is 77.3 Å². The highest BCUT2D eigenvalue weighted by atomic mass is 16.7. The van der Waals surface area contributed by atoms with Gasteiger partial charge in [0.25, 0.3) is 0 Å². The van der Waals surface area contributed by atoms with Gasteiger partial charge in [-0.3, -0.25) is 4.79 Å². The number of ketones is 1. The molecule has 1 aromatic rings. The van der Waals surface area contributed by atoms with Crippen molar-refractivity contribution in [2.75, 3.05) is 0 Å². The number of nitrogens with zero attached hydrogens (tertiary/aromatic N) is 1. The van der Waals surface area contributed by atoms with Gasteiger partial charge in [-0.1, -0.05) is 58.0 Å². The molecule has 0 bridgehead atoms. The summed E-state index contributed by atoms with van der Waals surface area (Å²) < 4.78 is 0. The molecule has 3 nitrogen and oxygen atoms in total. The van der Waals surface area contributed by atoms with Gasteiger partial charge in [0.2, 0.25) is 0 Å². The van der Waals surface area contributed by atoms with Crippen molar-refractivity contribution in [3.05, 3.63) is 42.2 Å². The van der Waals surface area contributed by atoms with Gasteiger partial charge < -0.3 is 4.84 Å². The van der Waals surface area contributed by atoms with Gasteiger partial charge in [0, 0.05) is 12.8 Å². The van der Waals surface area contributed by atoms with Crippen LogP contribution in [0, 0.1) is 0 Å². The number of hydrogen-bond acceptors (Lipinski definition) is 3. The van der Waals surface area contributed by atoms with Crippen molar-refractivity contribution in [3.63, 3.8) is 0 Å². The van der Waals surface area contributed by atoms with Gasteiger partial charge in [0.05, 0.1) is 11.1 Å². The van der Waals surface area contributed by atoms with Crippen LogP contribution in [0.15, 0.2) is 36.6 Å². The summed E-state index contributed by atoms with van der Waals surface area (Å²) in [6.45, 7) is 8.65. The highest BCUT2D eigenvalue weighted by molar-refractivity contribution is 5.82. The average Bonchev–Trinajstić information content (AvgIpc) is 2.63. The first kappa shape index (κ1) is 18.7. The fraction of sp³-hybridized carbons (Fsp3) is 0.571. The Morgan fingerprint density at radius 3 is 1.92 bits per heavy atom. The van der Waals surface area contributed by atoms with Crippen LogP contribution in [-0.4, -0.2) is 21.9 Å². The second-order valence-electron chi connectivity index (χ2n) is 6.87. The van der Waals surface area contributed by atoms with E-state index in [1.54, 1.807) is 6.26 Å². The second kappa shape index (κ2) is 7.98. The average molecular weight is 329 g/mol. The molecule has 1 saturated heterocycles. The SMILES string of the molecule is CCC1(CC)CC(=O)CC(CC)(CC)N1O/C=C/c1ccccc1. The largest absolute Gasteiger partial charge is 0.413 e. The number of piperidine rings is 1. The quantitative estimate of drug-likeness (QED) is 0.630. The van der Waals surface area contributed by atoms with Crippen molar-refractivity contribution in [1.29, 1.82) is 0 Å². The maximum absolute atomic E-state index is 12.5. The highest BCUT2D eigenvalue weighted by Gasteiger charge is 2.52. The Labute approximate surface area is 146 Å². The molecular formula is C21H31NO2. The molecule has 1 aliphatic heterocycles. The van der Waals surface area contributed by atoms with Crippen LogP contribution in [0.25, 0.3) is 6.08 Å². The van der Waals surface area contributed by atoms with Crippen molar-refractivity contribution < 1.29 is 9.63 Å². The summed E-state index contributed by atoms with van der Waals surface area (Å²) >= 11 is 0. The fourth-order valence-corrected chi connectivity index (χ4v) is 3.98. The monoisotopic (exact) mass is 329 g/mol. The molecule has 0 unspecified atom stereocenters. The summed E-state index contributed by atoms with van der Waals surface area (Å²) in [7, 11) is 0. The molecule has 1 aromatic carbocycles. The lowest BCUT2D eigenvalue weighted by molar-refractivity contribution is -0.263. The Morgan fingerprint density at radius 2 is 1.46 bits per heavy atom. The number of Topliss-reactive ketones (excluding diaryl/α,β-unsaturated/α-hetero) is 1. The molecule has 0 atom stereocenters. The van der Waals surface area contributed by atoms with Gasteiger partial charge in [0.1, 0.15) is 12.0 Å². The Morgan fingerprint density at radius 1 is 0.958 bits per heavy atom. The molecule has 0 amide bonds. The summed E-state index contributed by atoms with van der Waals surface area (Å²) in [6.07, 6.45) is 8.59. The van der Waals surface area contributed by atoms with Gasteiger partial charge >= 0.3 is 0 Å². The molecule has 0 spiro atoms. The van der Waals surface area contributed by atoms with Crippen molar-refractivity contribution in [1.82, 2.24) is 5.06 Å². The van der Waals surface area contributed by atoms with Crippen LogP contribution < -0.4 is 0 Å². The smallest absolute Gasteiger partial charge is 0.136 e. The highest BCUT2D eigenvalue weighted by Crippen LogP contribution is 2.44. The standard InChI is InChI=1S/C21H31NO2/c1-5-20(6-2)16-19(23)17-21(7-3,8-4)22(20)24-15-14-18-12-10-9-11-13-18/h9-15H,5-8,16-17H2,1-4H3/b15-14+. The normalized spacial score (nSPS) is 20.4. The summed E-state index contributed by atoms with van der Waals surface area (Å²) in [5, 5.41) is 2.17. The Bertz CT molecular complexity index is 532. The van der Waals surface area contributed by atoms with Crippen LogP contribution in [0.1, 0.15) is 71.8 Å². The maximum atomic E-state index is 12.5. The van der Waals surface area contributed by atoms with Crippen molar-refractivity contribution >= 4 is 11.9 Å². The molecule has 3 heteroatoms. The Hall–Kier alpha value is -1.61. The van der Waals surface area contributed by atoms with E-state index in [-0.39, 0.29) is 11.1 Å². The van der Waals surface area contributed by atoms with E-state index in [4.69, 9.17) is 4.84 Å². The predicted octanol–water partition coefficient (Wildman–Crippen LogP) is 5.37. The molecule has 0 aromatic heterocycles. The second-order valence-corrected chi connectivity index (χ2v) is 6.87. The molecule has 0 saturated carbocycles. The van der Waals surface area contributed by atoms with E-state index in [0.29, 0.717) is 18.6 Å². The lowest BCUT2D eigenvalue weighted by atomic mass is 9.72. The molecule has 0 radical (unpaired) electrons. The number of rotatable bonds is 7. The van der Waals surface area contributed by atoms with Gasteiger partial charge in [-0.2, -0.15) is 0 Å². The molecule has 0 N–H and O–H groups in total. The minimum Gasteiger partial charge on any atom is -0.413 e. The first-order chi connectivity index (χ1) is 11.6. The predicted molar refractivity (Wildman–Crippen MR) is 99.3 cm³/mol. The van der Waals surface area contributed by atoms with Crippen LogP contribution in [0.5, 0.6) is 0 Å². The molecule has 0 aliphatic carbocycles. The molecule has 1 aliphatic rings. The zero-order valence-electron chi connectivity index (χ0n) is 15.5. The van der Waals surface area contributed by atoms with Crippen LogP contribution in [0.2, 0.25) is 0 Å². The third-order valence-electron chi connectivity index (χ3n) is 5.77. The molecule has 1 heterocycles. The van der Waals surface area contributed by atoms with E-state index < -0.39 is 0 Å². The lowest BCUT2D eigenvalue weighted by Gasteiger charge is -2.54. The van der Waals surface area contributed by atoms with E-state index in [2.05, 4.69) is 44.9 Å². The third-order valence-corrected chi connectivity index (χ3v) is 5.77. The number of carbonyl (C=O) groups excluding carboxylic acids is 1. The summed E-state index contributed by atoms with van der Waals surface area (Å²) in [4.78, 5) is 18.7. The van der Waals surface area contributed by atoms with E-state index in [0.717, 1.165) is 31.2 Å². The molecule has 2 rings (SSSR count). The zero-order valence-corrected chi connectivity index (χ0v) is 15.5. The van der Waals surface area contributed by atoms with E-state index in [1.807, 2.05) is 24.3 Å². The number of benzene rings is 1. The minimum atomic E-state index is -0.206. The minimum absolute atomic E-state index is 0.206. The lowest BCUT2D eigenvalue weighted by Crippen LogP contribution is -2.64. The summed E-state index contributed by atoms with van der Waals surface area (Å²) in [6, 6.07) is 10.2. The van der Waals surface area contributed by atoms with E-state index >= 15 is 0 Å². The number of hydrogen-bond donors (Lipinski definition) is 0. The van der Waals surface area contributed by atoms with E-state index in [1.165, 1.54) is 0 Å². The zero-order chi connectivity index (χ0) is 17.6. The van der Waals surface area contributed by atoms with Crippen LogP contribution in [0.3, 0.4) is 0 Å². The van der Waals surface area contributed by atoms with Gasteiger partial charge in [0.15, 0.2) is 0 Å². The Kier molecular flexibility index (Phi) is 6.22. The van der Waals surface area contributed by atoms with Crippen molar-refractivity contribution in [2.24, 2.45) is 0 Å². The first-order valence-corrected chi connectivity index (χ1v) is 9.26. The van der Waals surface area contributed by atoms with Crippen LogP contribution in [0.4, 0.5) is 0 Å². The number of hydroxylamine groups is 2. The van der Waals surface area contributed by atoms with Gasteiger partial charge in [-0.05, 0) is 37.3 Å².